The summed E-state index contributed by atoms with van der Waals surface area (Å²) in [7, 11) is 0. The van der Waals surface area contributed by atoms with Crippen molar-refractivity contribution in [2.24, 2.45) is 0 Å². The number of ether oxygens (including phenoxy) is 1. The lowest BCUT2D eigenvalue weighted by Crippen LogP contribution is -2.35. The molecule has 4 rings (SSSR count). The molecule has 1 amide bonds. The summed E-state index contributed by atoms with van der Waals surface area (Å²) in [6, 6.07) is 16.0. The van der Waals surface area contributed by atoms with Gasteiger partial charge >= 0.3 is 0 Å². The Morgan fingerprint density at radius 1 is 1.03 bits per heavy atom. The van der Waals surface area contributed by atoms with E-state index < -0.39 is 6.04 Å². The van der Waals surface area contributed by atoms with Gasteiger partial charge in [-0.1, -0.05) is 25.1 Å². The van der Waals surface area contributed by atoms with Gasteiger partial charge in [0.2, 0.25) is 5.91 Å². The van der Waals surface area contributed by atoms with Crippen LogP contribution in [-0.4, -0.2) is 32.1 Å². The molecule has 0 aliphatic heterocycles. The quantitative estimate of drug-likeness (QED) is 0.461. The number of aromatic nitrogens is 4. The van der Waals surface area contributed by atoms with Crippen molar-refractivity contribution in [3.05, 3.63) is 76.3 Å². The Bertz CT molecular complexity index is 1340. The average Bonchev–Trinajstić information content (AvgIpc) is 3.17. The topological polar surface area (TPSA) is 91.0 Å². The number of carbonyl (C=O) groups is 1. The Kier molecular flexibility index (Phi) is 6.26. The largest absolute Gasteiger partial charge is 0.494 e. The van der Waals surface area contributed by atoms with Gasteiger partial charge in [-0.2, -0.15) is 10.2 Å². The van der Waals surface area contributed by atoms with E-state index in [1.807, 2.05) is 58.0 Å². The molecule has 8 nitrogen and oxygen atoms in total. The van der Waals surface area contributed by atoms with Gasteiger partial charge in [0.25, 0.3) is 5.56 Å². The lowest BCUT2D eigenvalue weighted by Gasteiger charge is -2.17. The van der Waals surface area contributed by atoms with Crippen LogP contribution in [0.15, 0.2) is 59.4 Å². The first kappa shape index (κ1) is 22.3. The zero-order chi connectivity index (χ0) is 23.5. The third-order valence-corrected chi connectivity index (χ3v) is 5.56. The fourth-order valence-electron chi connectivity index (χ4n) is 3.98. The highest BCUT2D eigenvalue weighted by molar-refractivity contribution is 5.94. The summed E-state index contributed by atoms with van der Waals surface area (Å²) < 4.78 is 8.44. The lowest BCUT2D eigenvalue weighted by atomic mass is 10.1. The van der Waals surface area contributed by atoms with Crippen molar-refractivity contribution in [2.45, 2.75) is 40.2 Å². The van der Waals surface area contributed by atoms with Crippen LogP contribution in [0.4, 0.5) is 5.69 Å². The molecule has 0 aliphatic rings. The van der Waals surface area contributed by atoms with Crippen LogP contribution in [0.25, 0.3) is 16.6 Å². The number of nitrogens with zero attached hydrogens (tertiary/aromatic N) is 4. The van der Waals surface area contributed by atoms with Crippen molar-refractivity contribution >= 4 is 22.5 Å². The zero-order valence-electron chi connectivity index (χ0n) is 19.2. The molecule has 2 aromatic heterocycles. The molecule has 170 valence electrons. The summed E-state index contributed by atoms with van der Waals surface area (Å²) in [6.07, 6.45) is 0.402. The number of fused-ring (bicyclic) bond motifs is 1. The van der Waals surface area contributed by atoms with Gasteiger partial charge in [-0.3, -0.25) is 9.59 Å². The number of carbonyl (C=O) groups excluding carboxylic acids is 1. The molecule has 0 aliphatic carbocycles. The van der Waals surface area contributed by atoms with Gasteiger partial charge in [-0.05, 0) is 63.6 Å². The SMILES string of the molecule is CCOc1ccc(NC(=O)[C@H](CC)n2nc(C)c3c(C)n(-c4ccccc4)nc3c2=O)cc1. The molecule has 8 heteroatoms. The predicted octanol–water partition coefficient (Wildman–Crippen LogP) is 4.19. The normalized spacial score (nSPS) is 12.0. The first-order valence-electron chi connectivity index (χ1n) is 11.0. The van der Waals surface area contributed by atoms with Gasteiger partial charge in [0.05, 0.1) is 29.1 Å². The van der Waals surface area contributed by atoms with E-state index in [4.69, 9.17) is 4.74 Å². The summed E-state index contributed by atoms with van der Waals surface area (Å²) in [4.78, 5) is 26.5. The minimum atomic E-state index is -0.769. The summed E-state index contributed by atoms with van der Waals surface area (Å²) in [5.74, 6) is 0.417. The van der Waals surface area contributed by atoms with E-state index in [1.54, 1.807) is 28.9 Å². The van der Waals surface area contributed by atoms with Crippen molar-refractivity contribution in [3.8, 4) is 11.4 Å². The van der Waals surface area contributed by atoms with Crippen LogP contribution in [0.5, 0.6) is 5.75 Å². The van der Waals surface area contributed by atoms with Crippen LogP contribution in [-0.2, 0) is 4.79 Å². The maximum atomic E-state index is 13.4. The third-order valence-electron chi connectivity index (χ3n) is 5.56. The highest BCUT2D eigenvalue weighted by Gasteiger charge is 2.25. The van der Waals surface area contributed by atoms with E-state index in [2.05, 4.69) is 15.5 Å². The molecule has 2 aromatic carbocycles. The summed E-state index contributed by atoms with van der Waals surface area (Å²) >= 11 is 0. The molecule has 0 bridgehead atoms. The van der Waals surface area contributed by atoms with Gasteiger partial charge < -0.3 is 10.1 Å². The second-order valence-corrected chi connectivity index (χ2v) is 7.76. The van der Waals surface area contributed by atoms with E-state index in [1.165, 1.54) is 4.68 Å². The first-order valence-corrected chi connectivity index (χ1v) is 11.0. The molecule has 4 aromatic rings. The predicted molar refractivity (Wildman–Crippen MR) is 128 cm³/mol. The van der Waals surface area contributed by atoms with E-state index in [0.717, 1.165) is 17.1 Å². The number of hydrogen-bond donors (Lipinski definition) is 1. The van der Waals surface area contributed by atoms with Crippen LogP contribution in [0, 0.1) is 13.8 Å². The second kappa shape index (κ2) is 9.28. The fourth-order valence-corrected chi connectivity index (χ4v) is 3.98. The Morgan fingerprint density at radius 2 is 1.73 bits per heavy atom. The van der Waals surface area contributed by atoms with Crippen molar-refractivity contribution < 1.29 is 9.53 Å². The number of hydrogen-bond acceptors (Lipinski definition) is 5. The van der Waals surface area contributed by atoms with Crippen LogP contribution >= 0.6 is 0 Å². The zero-order valence-corrected chi connectivity index (χ0v) is 19.2. The number of benzene rings is 2. The lowest BCUT2D eigenvalue weighted by molar-refractivity contribution is -0.119. The number of amides is 1. The first-order chi connectivity index (χ1) is 15.9. The standard InChI is InChI=1S/C25H27N5O3/c1-5-21(24(31)26-18-12-14-20(15-13-18)33-6-2)30-25(32)23-22(16(3)27-30)17(4)29(28-23)19-10-8-7-9-11-19/h7-15,21H,5-6H2,1-4H3,(H,26,31)/t21-/m0/s1. The van der Waals surface area contributed by atoms with E-state index in [9.17, 15) is 9.59 Å². The highest BCUT2D eigenvalue weighted by atomic mass is 16.5. The Balaban J connectivity index is 1.70. The third kappa shape index (κ3) is 4.24. The van der Waals surface area contributed by atoms with Gasteiger partial charge in [0, 0.05) is 5.69 Å². The summed E-state index contributed by atoms with van der Waals surface area (Å²) in [5, 5.41) is 12.7. The Morgan fingerprint density at radius 3 is 2.36 bits per heavy atom. The summed E-state index contributed by atoms with van der Waals surface area (Å²) in [6.45, 7) is 8.08. The number of anilines is 1. The average molecular weight is 446 g/mol. The van der Waals surface area contributed by atoms with Crippen molar-refractivity contribution in [1.29, 1.82) is 0 Å². The minimum absolute atomic E-state index is 0.302. The number of para-hydroxylation sites is 1. The van der Waals surface area contributed by atoms with Gasteiger partial charge in [0.15, 0.2) is 5.52 Å². The molecular weight excluding hydrogens is 418 g/mol. The number of rotatable bonds is 7. The van der Waals surface area contributed by atoms with E-state index in [-0.39, 0.29) is 11.5 Å². The van der Waals surface area contributed by atoms with Crippen molar-refractivity contribution in [1.82, 2.24) is 19.6 Å². The maximum Gasteiger partial charge on any atom is 0.295 e. The molecular formula is C25H27N5O3. The summed E-state index contributed by atoms with van der Waals surface area (Å²) in [5.41, 5.74) is 2.88. The van der Waals surface area contributed by atoms with Crippen molar-refractivity contribution in [2.75, 3.05) is 11.9 Å². The van der Waals surface area contributed by atoms with Crippen LogP contribution < -0.4 is 15.6 Å². The molecule has 0 spiro atoms. The van der Waals surface area contributed by atoms with E-state index in [0.29, 0.717) is 35.3 Å². The molecule has 0 radical (unpaired) electrons. The fraction of sp³-hybridized carbons (Fsp3) is 0.280. The Labute approximate surface area is 191 Å². The van der Waals surface area contributed by atoms with Gasteiger partial charge in [-0.15, -0.1) is 0 Å². The minimum Gasteiger partial charge on any atom is -0.494 e. The highest BCUT2D eigenvalue weighted by Crippen LogP contribution is 2.23. The molecule has 1 atom stereocenters. The van der Waals surface area contributed by atoms with Gasteiger partial charge in [0.1, 0.15) is 11.8 Å². The molecule has 33 heavy (non-hydrogen) atoms. The Hall–Kier alpha value is -3.94. The molecule has 0 unspecified atom stereocenters. The second-order valence-electron chi connectivity index (χ2n) is 7.76. The monoisotopic (exact) mass is 445 g/mol. The molecule has 2 heterocycles. The van der Waals surface area contributed by atoms with Crippen LogP contribution in [0.3, 0.4) is 0 Å². The number of nitrogens with one attached hydrogen (secondary N) is 1. The number of aryl methyl sites for hydroxylation is 2. The van der Waals surface area contributed by atoms with Crippen molar-refractivity contribution in [3.63, 3.8) is 0 Å². The smallest absolute Gasteiger partial charge is 0.295 e. The van der Waals surface area contributed by atoms with Crippen LogP contribution in [0.2, 0.25) is 0 Å². The van der Waals surface area contributed by atoms with Crippen LogP contribution in [0.1, 0.15) is 37.7 Å². The van der Waals surface area contributed by atoms with Gasteiger partial charge in [-0.25, -0.2) is 9.36 Å². The molecule has 0 saturated heterocycles. The molecule has 1 N–H and O–H groups in total. The van der Waals surface area contributed by atoms with E-state index >= 15 is 0 Å². The molecule has 0 saturated carbocycles. The maximum absolute atomic E-state index is 13.4. The molecule has 0 fully saturated rings.